The highest BCUT2D eigenvalue weighted by molar-refractivity contribution is 5.94. The largest absolute Gasteiger partial charge is 0.573 e. The van der Waals surface area contributed by atoms with Gasteiger partial charge in [-0.05, 0) is 36.4 Å². The number of hydrogen-bond donors (Lipinski definition) is 1. The topological polar surface area (TPSA) is 121 Å². The average molecular weight is 400 g/mol. The summed E-state index contributed by atoms with van der Waals surface area (Å²) in [4.78, 5) is 32.9. The molecule has 2 aromatic rings. The molecule has 1 heterocycles. The number of hydrogen-bond acceptors (Lipinski definition) is 7. The Hall–Kier alpha value is -3.83. The first-order chi connectivity index (χ1) is 13.1. The van der Waals surface area contributed by atoms with E-state index in [0.717, 1.165) is 30.4 Å². The Bertz CT molecular complexity index is 888. The molecule has 28 heavy (non-hydrogen) atoms. The third-order valence-electron chi connectivity index (χ3n) is 2.89. The fourth-order valence-electron chi connectivity index (χ4n) is 1.80. The highest BCUT2D eigenvalue weighted by Gasteiger charge is 2.30. The summed E-state index contributed by atoms with van der Waals surface area (Å²) in [6, 6.07) is 6.71. The van der Waals surface area contributed by atoms with E-state index in [4.69, 9.17) is 4.42 Å². The zero-order valence-electron chi connectivity index (χ0n) is 13.8. The van der Waals surface area contributed by atoms with Crippen LogP contribution in [0.4, 0.5) is 24.7 Å². The molecule has 0 saturated heterocycles. The summed E-state index contributed by atoms with van der Waals surface area (Å²) in [5.41, 5.74) is 0.161. The molecule has 148 valence electrons. The number of carbonyl (C=O) groups excluding carboxylic acids is 2. The lowest BCUT2D eigenvalue weighted by Gasteiger charge is -2.10. The van der Waals surface area contributed by atoms with Crippen molar-refractivity contribution in [2.75, 3.05) is 11.9 Å². The third-order valence-corrected chi connectivity index (χ3v) is 2.89. The lowest BCUT2D eigenvalue weighted by molar-refractivity contribution is -0.402. The van der Waals surface area contributed by atoms with Gasteiger partial charge in [0, 0.05) is 11.8 Å². The van der Waals surface area contributed by atoms with Crippen molar-refractivity contribution in [3.8, 4) is 5.75 Å². The normalized spacial score (nSPS) is 11.2. The number of carbonyl (C=O) groups is 2. The summed E-state index contributed by atoms with van der Waals surface area (Å²) in [6.07, 6.45) is -2.81. The lowest BCUT2D eigenvalue weighted by Crippen LogP contribution is -2.20. The van der Waals surface area contributed by atoms with Crippen molar-refractivity contribution in [1.29, 1.82) is 0 Å². The van der Waals surface area contributed by atoms with Gasteiger partial charge in [0.1, 0.15) is 16.4 Å². The van der Waals surface area contributed by atoms with Crippen molar-refractivity contribution in [3.05, 3.63) is 58.3 Å². The fraction of sp³-hybridized carbons (Fsp3) is 0.125. The molecule has 0 spiro atoms. The van der Waals surface area contributed by atoms with Gasteiger partial charge >= 0.3 is 18.2 Å². The molecule has 1 aromatic heterocycles. The molecular formula is C16H11F3N2O7. The Morgan fingerprint density at radius 2 is 1.86 bits per heavy atom. The second kappa shape index (κ2) is 8.70. The van der Waals surface area contributed by atoms with E-state index >= 15 is 0 Å². The number of anilines is 1. The highest BCUT2D eigenvalue weighted by Crippen LogP contribution is 2.24. The number of furan rings is 1. The van der Waals surface area contributed by atoms with Crippen molar-refractivity contribution < 1.29 is 41.6 Å². The first kappa shape index (κ1) is 20.5. The Balaban J connectivity index is 1.79. The zero-order chi connectivity index (χ0) is 20.7. The molecule has 1 N–H and O–H groups in total. The van der Waals surface area contributed by atoms with E-state index in [-0.39, 0.29) is 11.4 Å². The van der Waals surface area contributed by atoms with E-state index in [9.17, 15) is 32.9 Å². The molecular weight excluding hydrogens is 389 g/mol. The van der Waals surface area contributed by atoms with Crippen molar-refractivity contribution in [1.82, 2.24) is 0 Å². The van der Waals surface area contributed by atoms with Gasteiger partial charge in [-0.1, -0.05) is 0 Å². The molecule has 0 aliphatic carbocycles. The number of amides is 1. The SMILES string of the molecule is O=C(COC(=O)/C=C/c1ccc([N+](=O)[O-])o1)Nc1ccc(OC(F)(F)F)cc1. The monoisotopic (exact) mass is 400 g/mol. The summed E-state index contributed by atoms with van der Waals surface area (Å²) in [7, 11) is 0. The molecule has 0 radical (unpaired) electrons. The molecule has 0 unspecified atom stereocenters. The van der Waals surface area contributed by atoms with Crippen LogP contribution in [-0.2, 0) is 14.3 Å². The van der Waals surface area contributed by atoms with Crippen molar-refractivity contribution in [3.63, 3.8) is 0 Å². The van der Waals surface area contributed by atoms with Crippen LogP contribution in [0.5, 0.6) is 5.75 Å². The number of benzene rings is 1. The van der Waals surface area contributed by atoms with Crippen LogP contribution in [-0.4, -0.2) is 29.8 Å². The van der Waals surface area contributed by atoms with Crippen molar-refractivity contribution >= 4 is 29.5 Å². The van der Waals surface area contributed by atoms with Gasteiger partial charge in [0.25, 0.3) is 5.91 Å². The first-order valence-electron chi connectivity index (χ1n) is 7.37. The molecule has 12 heteroatoms. The molecule has 2 rings (SSSR count). The van der Waals surface area contributed by atoms with Crippen molar-refractivity contribution in [2.24, 2.45) is 0 Å². The maximum Gasteiger partial charge on any atom is 0.573 e. The van der Waals surface area contributed by atoms with Gasteiger partial charge < -0.3 is 19.2 Å². The third kappa shape index (κ3) is 6.82. The van der Waals surface area contributed by atoms with Crippen LogP contribution >= 0.6 is 0 Å². The van der Waals surface area contributed by atoms with Crippen LogP contribution in [0.25, 0.3) is 6.08 Å². The number of nitro groups is 1. The Labute approximate surface area is 154 Å². The predicted molar refractivity (Wildman–Crippen MR) is 87.1 cm³/mol. The van der Waals surface area contributed by atoms with Gasteiger partial charge in [0.05, 0.1) is 6.07 Å². The van der Waals surface area contributed by atoms with E-state index < -0.39 is 41.4 Å². The van der Waals surface area contributed by atoms with E-state index in [0.29, 0.717) is 0 Å². The predicted octanol–water partition coefficient (Wildman–Crippen LogP) is 3.28. The van der Waals surface area contributed by atoms with E-state index in [2.05, 4.69) is 14.8 Å². The Morgan fingerprint density at radius 3 is 2.43 bits per heavy atom. The quantitative estimate of drug-likeness (QED) is 0.328. The molecule has 0 aliphatic heterocycles. The number of ether oxygens (including phenoxy) is 2. The highest BCUT2D eigenvalue weighted by atomic mass is 19.4. The number of esters is 1. The minimum absolute atomic E-state index is 0.0364. The van der Waals surface area contributed by atoms with Crippen LogP contribution in [0, 0.1) is 10.1 Å². The van der Waals surface area contributed by atoms with Gasteiger partial charge in [-0.25, -0.2) is 4.79 Å². The molecule has 0 fully saturated rings. The molecule has 1 aromatic carbocycles. The number of nitrogens with one attached hydrogen (secondary N) is 1. The molecule has 0 saturated carbocycles. The minimum Gasteiger partial charge on any atom is -0.452 e. The summed E-state index contributed by atoms with van der Waals surface area (Å²) in [5, 5.41) is 12.8. The summed E-state index contributed by atoms with van der Waals surface area (Å²) in [6.45, 7) is -0.664. The van der Waals surface area contributed by atoms with Crippen LogP contribution < -0.4 is 10.1 Å². The maximum absolute atomic E-state index is 12.1. The summed E-state index contributed by atoms with van der Waals surface area (Å²) in [5.74, 6) is -2.57. The van der Waals surface area contributed by atoms with Gasteiger partial charge in [-0.15, -0.1) is 13.2 Å². The second-order valence-electron chi connectivity index (χ2n) is 4.99. The number of nitrogens with zero attached hydrogens (tertiary/aromatic N) is 1. The maximum atomic E-state index is 12.1. The smallest absolute Gasteiger partial charge is 0.452 e. The number of halogens is 3. The van der Waals surface area contributed by atoms with Gasteiger partial charge in [-0.3, -0.25) is 14.9 Å². The second-order valence-corrected chi connectivity index (χ2v) is 4.99. The van der Waals surface area contributed by atoms with E-state index in [1.54, 1.807) is 0 Å². The number of rotatable bonds is 7. The summed E-state index contributed by atoms with van der Waals surface area (Å²) >= 11 is 0. The van der Waals surface area contributed by atoms with Crippen LogP contribution in [0.3, 0.4) is 0 Å². The van der Waals surface area contributed by atoms with Gasteiger partial charge in [0.2, 0.25) is 0 Å². The van der Waals surface area contributed by atoms with Crippen molar-refractivity contribution in [2.45, 2.75) is 6.36 Å². The Kier molecular flexibility index (Phi) is 6.37. The lowest BCUT2D eigenvalue weighted by atomic mass is 10.3. The van der Waals surface area contributed by atoms with E-state index in [1.165, 1.54) is 18.2 Å². The van der Waals surface area contributed by atoms with E-state index in [1.807, 2.05) is 0 Å². The molecule has 1 amide bonds. The Morgan fingerprint density at radius 1 is 1.18 bits per heavy atom. The van der Waals surface area contributed by atoms with Crippen LogP contribution in [0.15, 0.2) is 46.9 Å². The first-order valence-corrected chi connectivity index (χ1v) is 7.37. The number of alkyl halides is 3. The van der Waals surface area contributed by atoms with Gasteiger partial charge in [-0.2, -0.15) is 0 Å². The molecule has 0 aliphatic rings. The van der Waals surface area contributed by atoms with Crippen LogP contribution in [0.1, 0.15) is 5.76 Å². The summed E-state index contributed by atoms with van der Waals surface area (Å²) < 4.78 is 49.3. The van der Waals surface area contributed by atoms with Crippen LogP contribution in [0.2, 0.25) is 0 Å². The molecule has 0 bridgehead atoms. The minimum atomic E-state index is -4.83. The standard InChI is InChI=1S/C16H11F3N2O7/c17-16(18,19)28-12-3-1-10(2-4-12)20-13(22)9-26-15(23)8-6-11-5-7-14(27-11)21(24)25/h1-8H,9H2,(H,20,22)/b8-6+. The molecule has 9 nitrogen and oxygen atoms in total. The zero-order valence-corrected chi connectivity index (χ0v) is 13.8. The fourth-order valence-corrected chi connectivity index (χ4v) is 1.80. The molecule has 0 atom stereocenters. The van der Waals surface area contributed by atoms with Gasteiger partial charge in [0.15, 0.2) is 6.61 Å². The average Bonchev–Trinajstić information content (AvgIpc) is 3.08.